The number of hydrogen-bond acceptors (Lipinski definition) is 4. The van der Waals surface area contributed by atoms with E-state index >= 15 is 0 Å². The van der Waals surface area contributed by atoms with Gasteiger partial charge in [-0.25, -0.2) is 0 Å². The fourth-order valence-electron chi connectivity index (χ4n) is 4.23. The van der Waals surface area contributed by atoms with Crippen LogP contribution in [0.1, 0.15) is 99.3 Å². The van der Waals surface area contributed by atoms with Gasteiger partial charge in [-0.2, -0.15) is 74.6 Å². The van der Waals surface area contributed by atoms with Crippen molar-refractivity contribution in [1.82, 2.24) is 0 Å². The summed E-state index contributed by atoms with van der Waals surface area (Å²) in [5, 5.41) is 0. The lowest BCUT2D eigenvalue weighted by Crippen LogP contribution is -2.74. The van der Waals surface area contributed by atoms with Crippen molar-refractivity contribution in [3.8, 4) is 0 Å². The number of hydrogen-bond donors (Lipinski definition) is 0. The van der Waals surface area contributed by atoms with Crippen molar-refractivity contribution in [2.24, 2.45) is 0 Å². The molecule has 314 valence electrons. The molecule has 0 rings (SSSR count). The average molecular weight is 807 g/mol. The molecule has 0 aromatic carbocycles. The highest BCUT2D eigenvalue weighted by molar-refractivity contribution is 5.15. The molecule has 4 nitrogen and oxygen atoms in total. The lowest BCUT2D eigenvalue weighted by Gasteiger charge is -2.42. The monoisotopic (exact) mass is 806 g/mol. The first-order valence-corrected chi connectivity index (χ1v) is 16.3. The summed E-state index contributed by atoms with van der Waals surface area (Å²) in [6.45, 7) is 5.79. The van der Waals surface area contributed by atoms with Gasteiger partial charge in [-0.05, 0) is 47.5 Å². The molecule has 0 aliphatic carbocycles. The van der Waals surface area contributed by atoms with Crippen LogP contribution in [0.25, 0.3) is 0 Å². The Balaban J connectivity index is 5.91. The summed E-state index contributed by atoms with van der Waals surface area (Å²) < 4.78 is 252. The second-order valence-corrected chi connectivity index (χ2v) is 13.9. The van der Waals surface area contributed by atoms with Crippen LogP contribution in [-0.4, -0.2) is 98.0 Å². The van der Waals surface area contributed by atoms with Crippen molar-refractivity contribution in [3.63, 3.8) is 0 Å². The topological polar surface area (TPSA) is 36.9 Å². The van der Waals surface area contributed by atoms with Gasteiger partial charge in [-0.3, -0.25) is 0 Å². The van der Waals surface area contributed by atoms with Crippen molar-refractivity contribution in [3.05, 3.63) is 0 Å². The number of alkyl halides is 17. The van der Waals surface area contributed by atoms with Crippen molar-refractivity contribution < 1.29 is 93.6 Å². The third-order valence-electron chi connectivity index (χ3n) is 7.62. The molecule has 0 bridgehead atoms. The van der Waals surface area contributed by atoms with Crippen LogP contribution in [0.5, 0.6) is 0 Å². The minimum atomic E-state index is -8.68. The van der Waals surface area contributed by atoms with Gasteiger partial charge in [0.1, 0.15) is 12.7 Å². The van der Waals surface area contributed by atoms with E-state index in [4.69, 9.17) is 14.2 Å². The molecule has 0 aliphatic rings. The van der Waals surface area contributed by atoms with Crippen LogP contribution in [0.4, 0.5) is 74.6 Å². The standard InChI is InChI=1S/C31H47F17O4/c1-7-8-9-10-11-12-13-14-16-50-21(19-52-23(5,6)15-17-51-22(2,3)4)18-49-20-24(32,33)25(34,35)26(36,37)27(38,39)28(40,41)29(42,43)30(44,45)31(46,47)48/h21H,7-20H2,1-6H3. The predicted molar refractivity (Wildman–Crippen MR) is 154 cm³/mol. The van der Waals surface area contributed by atoms with Crippen molar-refractivity contribution in [1.29, 1.82) is 0 Å². The Hall–Kier alpha value is -1.35. The Morgan fingerprint density at radius 3 is 1.33 bits per heavy atom. The van der Waals surface area contributed by atoms with Crippen LogP contribution in [0, 0.1) is 0 Å². The first kappa shape index (κ1) is 50.6. The molecule has 21 heteroatoms. The summed E-state index contributed by atoms with van der Waals surface area (Å²) in [6.07, 6.45) is -2.24. The minimum Gasteiger partial charge on any atom is -0.376 e. The van der Waals surface area contributed by atoms with E-state index in [-0.39, 0.29) is 19.6 Å². The zero-order valence-corrected chi connectivity index (χ0v) is 29.5. The SMILES string of the molecule is CCCCCCCCCCOC(COCC(F)(F)C(F)(F)C(F)(F)C(F)(F)C(F)(F)C(F)(F)C(F)(F)C(F)(F)F)COC(C)(C)CCOC(C)(C)C. The third kappa shape index (κ3) is 12.6. The van der Waals surface area contributed by atoms with Gasteiger partial charge in [0.05, 0.1) is 24.4 Å². The number of ether oxygens (including phenoxy) is 4. The van der Waals surface area contributed by atoms with Gasteiger partial charge in [0.25, 0.3) is 0 Å². The molecule has 52 heavy (non-hydrogen) atoms. The van der Waals surface area contributed by atoms with E-state index < -0.39 is 84.8 Å². The molecule has 1 unspecified atom stereocenters. The van der Waals surface area contributed by atoms with E-state index in [1.807, 2.05) is 6.92 Å². The van der Waals surface area contributed by atoms with Crippen LogP contribution < -0.4 is 0 Å². The average Bonchev–Trinajstić information content (AvgIpc) is 2.96. The van der Waals surface area contributed by atoms with E-state index in [2.05, 4.69) is 4.74 Å². The Kier molecular flexibility index (Phi) is 18.0. The Morgan fingerprint density at radius 2 is 0.885 bits per heavy atom. The largest absolute Gasteiger partial charge is 0.460 e. The molecule has 0 aromatic heterocycles. The van der Waals surface area contributed by atoms with E-state index in [9.17, 15) is 74.6 Å². The highest BCUT2D eigenvalue weighted by Crippen LogP contribution is 2.64. The molecular weight excluding hydrogens is 759 g/mol. The molecule has 0 aromatic rings. The van der Waals surface area contributed by atoms with Crippen LogP contribution >= 0.6 is 0 Å². The maximum absolute atomic E-state index is 14.4. The zero-order valence-electron chi connectivity index (χ0n) is 29.5. The smallest absolute Gasteiger partial charge is 0.376 e. The fourth-order valence-corrected chi connectivity index (χ4v) is 4.23. The highest BCUT2D eigenvalue weighted by Gasteiger charge is 2.95. The molecule has 0 aliphatic heterocycles. The second kappa shape index (κ2) is 18.5. The van der Waals surface area contributed by atoms with Gasteiger partial charge in [-0.1, -0.05) is 51.9 Å². The van der Waals surface area contributed by atoms with Crippen molar-refractivity contribution in [2.75, 3.05) is 33.0 Å². The normalized spacial score (nSPS) is 15.8. The van der Waals surface area contributed by atoms with E-state index in [1.165, 1.54) is 0 Å². The van der Waals surface area contributed by atoms with Gasteiger partial charge in [0.2, 0.25) is 0 Å². The van der Waals surface area contributed by atoms with E-state index in [1.54, 1.807) is 34.6 Å². The summed E-state index contributed by atoms with van der Waals surface area (Å²) in [4.78, 5) is 0. The molecule has 1 atom stereocenters. The Morgan fingerprint density at radius 1 is 0.462 bits per heavy atom. The summed E-state index contributed by atoms with van der Waals surface area (Å²) in [7, 11) is 0. The molecule has 0 spiro atoms. The van der Waals surface area contributed by atoms with Crippen molar-refractivity contribution >= 4 is 0 Å². The van der Waals surface area contributed by atoms with Gasteiger partial charge in [-0.15, -0.1) is 0 Å². The molecule has 0 radical (unpaired) electrons. The predicted octanol–water partition coefficient (Wildman–Crippen LogP) is 11.5. The molecular formula is C31H47F17O4. The Bertz CT molecular complexity index is 1040. The first-order valence-electron chi connectivity index (χ1n) is 16.3. The summed E-state index contributed by atoms with van der Waals surface area (Å²) in [6, 6.07) is 0. The number of rotatable bonds is 26. The fraction of sp³-hybridized carbons (Fsp3) is 1.00. The lowest BCUT2D eigenvalue weighted by molar-refractivity contribution is -0.462. The molecule has 0 amide bonds. The van der Waals surface area contributed by atoms with Crippen molar-refractivity contribution in [2.45, 2.75) is 164 Å². The third-order valence-corrected chi connectivity index (χ3v) is 7.62. The van der Waals surface area contributed by atoms with Crippen LogP contribution in [0.15, 0.2) is 0 Å². The van der Waals surface area contributed by atoms with Gasteiger partial charge < -0.3 is 18.9 Å². The lowest BCUT2D eigenvalue weighted by atomic mass is 9.89. The molecule has 0 heterocycles. The van der Waals surface area contributed by atoms with Crippen LogP contribution in [-0.2, 0) is 18.9 Å². The first-order chi connectivity index (χ1) is 23.1. The summed E-state index contributed by atoms with van der Waals surface area (Å²) in [5.74, 6) is -56.9. The second-order valence-electron chi connectivity index (χ2n) is 13.9. The quantitative estimate of drug-likeness (QED) is 0.0644. The molecule has 0 saturated heterocycles. The van der Waals surface area contributed by atoms with E-state index in [0.29, 0.717) is 12.8 Å². The van der Waals surface area contributed by atoms with Crippen LogP contribution in [0.2, 0.25) is 0 Å². The summed E-state index contributed by atoms with van der Waals surface area (Å²) >= 11 is 0. The number of halogens is 17. The zero-order chi connectivity index (χ0) is 41.3. The molecule has 0 saturated carbocycles. The number of unbranched alkanes of at least 4 members (excludes halogenated alkanes) is 7. The van der Waals surface area contributed by atoms with Gasteiger partial charge in [0.15, 0.2) is 0 Å². The summed E-state index contributed by atoms with van der Waals surface area (Å²) in [5.41, 5.74) is -1.54. The minimum absolute atomic E-state index is 0.0946. The Labute approximate surface area is 291 Å². The van der Waals surface area contributed by atoms with Crippen LogP contribution in [0.3, 0.4) is 0 Å². The van der Waals surface area contributed by atoms with Gasteiger partial charge in [0, 0.05) is 13.2 Å². The highest BCUT2D eigenvalue weighted by atomic mass is 19.4. The van der Waals surface area contributed by atoms with Gasteiger partial charge >= 0.3 is 47.6 Å². The maximum atomic E-state index is 14.4. The molecule has 0 fully saturated rings. The maximum Gasteiger partial charge on any atom is 0.460 e. The van der Waals surface area contributed by atoms with E-state index in [0.717, 1.165) is 38.5 Å². The molecule has 0 N–H and O–H groups in total.